The van der Waals surface area contributed by atoms with Crippen LogP contribution in [0.5, 0.6) is 0 Å². The van der Waals surface area contributed by atoms with Crippen molar-refractivity contribution < 1.29 is 14.6 Å². The number of H-pyrrole nitrogens is 1. The molecule has 0 saturated carbocycles. The molecule has 0 aliphatic heterocycles. The Bertz CT molecular complexity index is 825. The fourth-order valence-corrected chi connectivity index (χ4v) is 4.00. The maximum absolute atomic E-state index is 12.5. The van der Waals surface area contributed by atoms with E-state index in [-0.39, 0.29) is 17.8 Å². The van der Waals surface area contributed by atoms with E-state index in [0.717, 1.165) is 28.2 Å². The van der Waals surface area contributed by atoms with Crippen molar-refractivity contribution in [3.63, 3.8) is 0 Å². The van der Waals surface area contributed by atoms with Crippen LogP contribution in [0.25, 0.3) is 10.2 Å². The summed E-state index contributed by atoms with van der Waals surface area (Å²) in [7, 11) is 1.67. The zero-order valence-corrected chi connectivity index (χ0v) is 18.6. The summed E-state index contributed by atoms with van der Waals surface area (Å²) < 4.78 is 10.8. The first-order valence-electron chi connectivity index (χ1n) is 9.63. The molecule has 28 heavy (non-hydrogen) atoms. The minimum atomic E-state index is -0.622. The van der Waals surface area contributed by atoms with Crippen LogP contribution in [-0.4, -0.2) is 65.1 Å². The van der Waals surface area contributed by atoms with Crippen LogP contribution in [0.15, 0.2) is 4.79 Å². The lowest BCUT2D eigenvalue weighted by Gasteiger charge is -2.27. The number of methoxy groups -OCH3 is 1. The zero-order valence-electron chi connectivity index (χ0n) is 17.8. The maximum atomic E-state index is 12.5. The summed E-state index contributed by atoms with van der Waals surface area (Å²) in [6, 6.07) is 0. The predicted octanol–water partition coefficient (Wildman–Crippen LogP) is 2.62. The third-order valence-electron chi connectivity index (χ3n) is 4.46. The third-order valence-corrected chi connectivity index (χ3v) is 5.56. The van der Waals surface area contributed by atoms with Gasteiger partial charge in [0.1, 0.15) is 10.7 Å². The molecule has 2 heterocycles. The molecule has 0 radical (unpaired) electrons. The van der Waals surface area contributed by atoms with Gasteiger partial charge >= 0.3 is 0 Å². The van der Waals surface area contributed by atoms with Gasteiger partial charge in [0.2, 0.25) is 0 Å². The molecule has 0 amide bonds. The van der Waals surface area contributed by atoms with E-state index in [4.69, 9.17) is 9.47 Å². The highest BCUT2D eigenvalue weighted by atomic mass is 32.1. The van der Waals surface area contributed by atoms with E-state index in [1.54, 1.807) is 18.4 Å². The number of fused-ring (bicyclic) bond motifs is 1. The standard InChI is InChI=1S/C20H33N3O4S/c1-13-14(2)28-19-17(13)18(25)21-16(22-19)11-23(8-7-9-26-6)10-15(24)12-27-20(3,4)5/h15,24H,7-12H2,1-6H3,(H,21,22,25)/t15-/m0/s1. The fraction of sp³-hybridized carbons (Fsp3) is 0.700. The Kier molecular flexibility index (Phi) is 8.15. The first-order valence-corrected chi connectivity index (χ1v) is 10.4. The van der Waals surface area contributed by atoms with E-state index in [2.05, 4.69) is 14.9 Å². The van der Waals surface area contributed by atoms with E-state index in [9.17, 15) is 9.90 Å². The van der Waals surface area contributed by atoms with Gasteiger partial charge in [-0.2, -0.15) is 0 Å². The van der Waals surface area contributed by atoms with Gasteiger partial charge in [-0.25, -0.2) is 4.98 Å². The molecule has 2 aromatic rings. The van der Waals surface area contributed by atoms with Gasteiger partial charge in [-0.05, 0) is 46.6 Å². The van der Waals surface area contributed by atoms with Crippen molar-refractivity contribution in [3.8, 4) is 0 Å². The number of aliphatic hydroxyl groups is 1. The molecular formula is C20H33N3O4S. The average Bonchev–Trinajstić information content (AvgIpc) is 2.87. The van der Waals surface area contributed by atoms with Crippen LogP contribution in [-0.2, 0) is 16.0 Å². The molecule has 0 saturated heterocycles. The molecule has 0 aromatic carbocycles. The highest BCUT2D eigenvalue weighted by molar-refractivity contribution is 7.18. The fourth-order valence-electron chi connectivity index (χ4n) is 2.95. The number of aromatic amines is 1. The van der Waals surface area contributed by atoms with Crippen LogP contribution in [0, 0.1) is 13.8 Å². The highest BCUT2D eigenvalue weighted by Gasteiger charge is 2.18. The second-order valence-corrected chi connectivity index (χ2v) is 9.34. The quantitative estimate of drug-likeness (QED) is 0.585. The van der Waals surface area contributed by atoms with Crippen LogP contribution in [0.4, 0.5) is 0 Å². The van der Waals surface area contributed by atoms with Crippen molar-refractivity contribution in [2.45, 2.75) is 59.3 Å². The topological polar surface area (TPSA) is 87.7 Å². The number of aryl methyl sites for hydroxylation is 2. The Morgan fingerprint density at radius 2 is 2.04 bits per heavy atom. The molecule has 2 N–H and O–H groups in total. The number of hydrogen-bond acceptors (Lipinski definition) is 7. The number of nitrogens with zero attached hydrogens (tertiary/aromatic N) is 2. The maximum Gasteiger partial charge on any atom is 0.259 e. The minimum absolute atomic E-state index is 0.102. The first kappa shape index (κ1) is 23.0. The number of hydrogen-bond donors (Lipinski definition) is 2. The summed E-state index contributed by atoms with van der Waals surface area (Å²) in [5.74, 6) is 0.611. The molecule has 8 heteroatoms. The number of ether oxygens (including phenoxy) is 2. The molecule has 0 aliphatic rings. The lowest BCUT2D eigenvalue weighted by molar-refractivity contribution is -0.0571. The number of rotatable bonds is 10. The van der Waals surface area contributed by atoms with Crippen molar-refractivity contribution in [1.29, 1.82) is 0 Å². The second kappa shape index (κ2) is 9.93. The van der Waals surface area contributed by atoms with Gasteiger partial charge in [0.05, 0.1) is 30.2 Å². The van der Waals surface area contributed by atoms with E-state index in [0.29, 0.717) is 30.9 Å². The highest BCUT2D eigenvalue weighted by Crippen LogP contribution is 2.25. The van der Waals surface area contributed by atoms with Gasteiger partial charge in [0.15, 0.2) is 0 Å². The molecule has 0 fully saturated rings. The Morgan fingerprint density at radius 1 is 1.32 bits per heavy atom. The van der Waals surface area contributed by atoms with Crippen LogP contribution >= 0.6 is 11.3 Å². The van der Waals surface area contributed by atoms with Gasteiger partial charge in [-0.15, -0.1) is 11.3 Å². The largest absolute Gasteiger partial charge is 0.389 e. The molecular weight excluding hydrogens is 378 g/mol. The SMILES string of the molecule is COCCCN(Cc1nc2sc(C)c(C)c2c(=O)[nH]1)C[C@H](O)COC(C)(C)C. The molecule has 2 aromatic heterocycles. The molecule has 7 nitrogen and oxygen atoms in total. The Labute approximate surface area is 170 Å². The van der Waals surface area contributed by atoms with Gasteiger partial charge in [0.25, 0.3) is 5.56 Å². The van der Waals surface area contributed by atoms with Crippen LogP contribution in [0.1, 0.15) is 43.5 Å². The summed E-state index contributed by atoms with van der Waals surface area (Å²) in [5, 5.41) is 11.1. The lowest BCUT2D eigenvalue weighted by atomic mass is 10.2. The lowest BCUT2D eigenvalue weighted by Crippen LogP contribution is -2.38. The van der Waals surface area contributed by atoms with E-state index < -0.39 is 6.10 Å². The first-order chi connectivity index (χ1) is 13.1. The van der Waals surface area contributed by atoms with Gasteiger partial charge in [-0.3, -0.25) is 9.69 Å². The molecule has 158 valence electrons. The number of nitrogens with one attached hydrogen (secondary N) is 1. The molecule has 2 rings (SSSR count). The van der Waals surface area contributed by atoms with Crippen molar-refractivity contribution in [2.75, 3.05) is 33.4 Å². The van der Waals surface area contributed by atoms with E-state index >= 15 is 0 Å². The van der Waals surface area contributed by atoms with Crippen molar-refractivity contribution in [3.05, 3.63) is 26.6 Å². The summed E-state index contributed by atoms with van der Waals surface area (Å²) in [4.78, 5) is 24.0. The van der Waals surface area contributed by atoms with Crippen molar-refractivity contribution >= 4 is 21.6 Å². The smallest absolute Gasteiger partial charge is 0.259 e. The van der Waals surface area contributed by atoms with Crippen molar-refractivity contribution in [2.24, 2.45) is 0 Å². The van der Waals surface area contributed by atoms with Crippen LogP contribution < -0.4 is 5.56 Å². The normalized spacial score (nSPS) is 13.6. The van der Waals surface area contributed by atoms with E-state index in [1.165, 1.54) is 0 Å². The Hall–Kier alpha value is -1.32. The van der Waals surface area contributed by atoms with E-state index in [1.807, 2.05) is 34.6 Å². The molecule has 0 unspecified atom stereocenters. The molecule has 0 aliphatic carbocycles. The molecule has 1 atom stereocenters. The predicted molar refractivity (Wildman–Crippen MR) is 113 cm³/mol. The van der Waals surface area contributed by atoms with Gasteiger partial charge in [0, 0.05) is 31.7 Å². The monoisotopic (exact) mass is 411 g/mol. The number of aliphatic hydroxyl groups excluding tert-OH is 1. The number of thiophene rings is 1. The van der Waals surface area contributed by atoms with Crippen molar-refractivity contribution in [1.82, 2.24) is 14.9 Å². The van der Waals surface area contributed by atoms with Gasteiger partial charge < -0.3 is 19.6 Å². The minimum Gasteiger partial charge on any atom is -0.389 e. The average molecular weight is 412 g/mol. The zero-order chi connectivity index (χ0) is 20.9. The Balaban J connectivity index is 2.12. The third kappa shape index (κ3) is 6.63. The summed E-state index contributed by atoms with van der Waals surface area (Å²) in [6.45, 7) is 12.4. The van der Waals surface area contributed by atoms with Gasteiger partial charge in [-0.1, -0.05) is 0 Å². The Morgan fingerprint density at radius 3 is 2.68 bits per heavy atom. The summed E-state index contributed by atoms with van der Waals surface area (Å²) in [5.41, 5.74) is 0.594. The second-order valence-electron chi connectivity index (χ2n) is 8.13. The summed E-state index contributed by atoms with van der Waals surface area (Å²) >= 11 is 1.54. The van der Waals surface area contributed by atoms with Crippen LogP contribution in [0.2, 0.25) is 0 Å². The molecule has 0 bridgehead atoms. The van der Waals surface area contributed by atoms with Crippen LogP contribution in [0.3, 0.4) is 0 Å². The summed E-state index contributed by atoms with van der Waals surface area (Å²) in [6.07, 6.45) is 0.205. The number of aromatic nitrogens is 2. The molecule has 0 spiro atoms.